The zero-order valence-corrected chi connectivity index (χ0v) is 15.1. The number of hydrogen-bond donors (Lipinski definition) is 0. The van der Waals surface area contributed by atoms with E-state index in [4.69, 9.17) is 21.1 Å². The Kier molecular flexibility index (Phi) is 4.67. The van der Waals surface area contributed by atoms with E-state index >= 15 is 0 Å². The van der Waals surface area contributed by atoms with E-state index in [-0.39, 0.29) is 28.6 Å². The summed E-state index contributed by atoms with van der Waals surface area (Å²) in [6.07, 6.45) is 1.55. The molecule has 4 rings (SSSR count). The van der Waals surface area contributed by atoms with Gasteiger partial charge in [0.25, 0.3) is 0 Å². The molecule has 1 heterocycles. The fraction of sp³-hybridized carbons (Fsp3) is 0. The first kappa shape index (κ1) is 17.9. The van der Waals surface area contributed by atoms with Gasteiger partial charge in [0.1, 0.15) is 17.3 Å². The first-order valence-corrected chi connectivity index (χ1v) is 8.70. The third-order valence-electron chi connectivity index (χ3n) is 4.14. The van der Waals surface area contributed by atoms with E-state index in [0.29, 0.717) is 16.1 Å². The van der Waals surface area contributed by atoms with Crippen molar-refractivity contribution in [1.29, 1.82) is 0 Å². The average Bonchev–Trinajstić information content (AvgIpc) is 2.99. The Balaban J connectivity index is 1.58. The predicted molar refractivity (Wildman–Crippen MR) is 102 cm³/mol. The molecular formula is C22H12ClFO4. The molecule has 0 aromatic heterocycles. The number of hydrogen-bond acceptors (Lipinski definition) is 4. The van der Waals surface area contributed by atoms with Crippen LogP contribution in [0.4, 0.5) is 4.39 Å². The van der Waals surface area contributed by atoms with Crippen LogP contribution in [0, 0.1) is 5.82 Å². The zero-order valence-electron chi connectivity index (χ0n) is 14.3. The molecule has 3 aromatic rings. The Labute approximate surface area is 164 Å². The Morgan fingerprint density at radius 2 is 1.79 bits per heavy atom. The molecule has 0 radical (unpaired) electrons. The number of benzene rings is 3. The SMILES string of the molecule is O=C(Oc1ccc2c(c1)O/C(=C\c1ccccc1Cl)C2=O)c1ccccc1F. The molecule has 0 saturated carbocycles. The highest BCUT2D eigenvalue weighted by molar-refractivity contribution is 6.32. The van der Waals surface area contributed by atoms with Crippen LogP contribution in [0.15, 0.2) is 72.5 Å². The van der Waals surface area contributed by atoms with Gasteiger partial charge in [0, 0.05) is 11.1 Å². The van der Waals surface area contributed by atoms with Gasteiger partial charge in [0.15, 0.2) is 5.76 Å². The summed E-state index contributed by atoms with van der Waals surface area (Å²) >= 11 is 6.12. The number of allylic oxidation sites excluding steroid dienone is 1. The van der Waals surface area contributed by atoms with Crippen molar-refractivity contribution >= 4 is 29.4 Å². The molecule has 0 N–H and O–H groups in total. The van der Waals surface area contributed by atoms with Crippen molar-refractivity contribution in [2.45, 2.75) is 0 Å². The second-order valence-electron chi connectivity index (χ2n) is 5.99. The Hall–Kier alpha value is -3.44. The molecule has 4 nitrogen and oxygen atoms in total. The summed E-state index contributed by atoms with van der Waals surface area (Å²) < 4.78 is 24.5. The molecule has 0 saturated heterocycles. The van der Waals surface area contributed by atoms with Crippen LogP contribution in [0.5, 0.6) is 11.5 Å². The van der Waals surface area contributed by atoms with E-state index in [1.165, 1.54) is 42.5 Å². The van der Waals surface area contributed by atoms with Crippen molar-refractivity contribution in [3.63, 3.8) is 0 Å². The van der Waals surface area contributed by atoms with Crippen molar-refractivity contribution in [2.24, 2.45) is 0 Å². The van der Waals surface area contributed by atoms with Crippen molar-refractivity contribution < 1.29 is 23.5 Å². The summed E-state index contributed by atoms with van der Waals surface area (Å²) in [5.41, 5.74) is 0.801. The highest BCUT2D eigenvalue weighted by atomic mass is 35.5. The molecule has 0 amide bonds. The van der Waals surface area contributed by atoms with Crippen molar-refractivity contribution in [3.8, 4) is 11.5 Å². The second kappa shape index (κ2) is 7.29. The molecule has 0 aliphatic carbocycles. The molecule has 1 aliphatic heterocycles. The molecule has 0 bridgehead atoms. The number of Topliss-reactive ketones (excluding diaryl/α,β-unsaturated/α-hetero) is 1. The molecule has 0 unspecified atom stereocenters. The molecule has 0 atom stereocenters. The Morgan fingerprint density at radius 3 is 2.57 bits per heavy atom. The van der Waals surface area contributed by atoms with Crippen LogP contribution >= 0.6 is 11.6 Å². The quantitative estimate of drug-likeness (QED) is 0.343. The van der Waals surface area contributed by atoms with E-state index < -0.39 is 11.8 Å². The lowest BCUT2D eigenvalue weighted by molar-refractivity contribution is 0.0729. The molecule has 3 aromatic carbocycles. The third kappa shape index (κ3) is 3.40. The van der Waals surface area contributed by atoms with Gasteiger partial charge < -0.3 is 9.47 Å². The van der Waals surface area contributed by atoms with E-state index in [1.807, 2.05) is 0 Å². The summed E-state index contributed by atoms with van der Waals surface area (Å²) in [5, 5.41) is 0.488. The highest BCUT2D eigenvalue weighted by Crippen LogP contribution is 2.35. The van der Waals surface area contributed by atoms with Crippen LogP contribution in [0.3, 0.4) is 0 Å². The van der Waals surface area contributed by atoms with Crippen molar-refractivity contribution in [1.82, 2.24) is 0 Å². The lowest BCUT2D eigenvalue weighted by Gasteiger charge is -2.06. The van der Waals surface area contributed by atoms with Crippen LogP contribution < -0.4 is 9.47 Å². The highest BCUT2D eigenvalue weighted by Gasteiger charge is 2.28. The van der Waals surface area contributed by atoms with E-state index in [0.717, 1.165) is 0 Å². The molecule has 138 valence electrons. The molecule has 1 aliphatic rings. The first-order chi connectivity index (χ1) is 13.5. The van der Waals surface area contributed by atoms with Crippen LogP contribution in [0.1, 0.15) is 26.3 Å². The Bertz CT molecular complexity index is 1140. The lowest BCUT2D eigenvalue weighted by atomic mass is 10.1. The second-order valence-corrected chi connectivity index (χ2v) is 6.40. The number of ketones is 1. The molecule has 6 heteroatoms. The summed E-state index contributed by atoms with van der Waals surface area (Å²) in [4.78, 5) is 24.7. The van der Waals surface area contributed by atoms with Crippen LogP contribution in [0.25, 0.3) is 6.08 Å². The van der Waals surface area contributed by atoms with Gasteiger partial charge in [-0.15, -0.1) is 0 Å². The maximum atomic E-state index is 13.7. The number of halogens is 2. The molecule has 28 heavy (non-hydrogen) atoms. The first-order valence-electron chi connectivity index (χ1n) is 8.32. The van der Waals surface area contributed by atoms with Gasteiger partial charge in [-0.1, -0.05) is 41.9 Å². The minimum absolute atomic E-state index is 0.112. The van der Waals surface area contributed by atoms with Crippen LogP contribution in [0.2, 0.25) is 5.02 Å². The number of ether oxygens (including phenoxy) is 2. The fourth-order valence-corrected chi connectivity index (χ4v) is 2.94. The number of rotatable bonds is 3. The van der Waals surface area contributed by atoms with E-state index in [1.54, 1.807) is 30.3 Å². The minimum Gasteiger partial charge on any atom is -0.452 e. The topological polar surface area (TPSA) is 52.6 Å². The average molecular weight is 395 g/mol. The smallest absolute Gasteiger partial charge is 0.346 e. The maximum absolute atomic E-state index is 13.7. The largest absolute Gasteiger partial charge is 0.452 e. The van der Waals surface area contributed by atoms with Gasteiger partial charge in [0.05, 0.1) is 11.1 Å². The predicted octanol–water partition coefficient (Wildman–Crippen LogP) is 5.31. The number of esters is 1. The lowest BCUT2D eigenvalue weighted by Crippen LogP contribution is -2.10. The van der Waals surface area contributed by atoms with Gasteiger partial charge in [-0.05, 0) is 42.0 Å². The number of carbonyl (C=O) groups excluding carboxylic acids is 2. The number of fused-ring (bicyclic) bond motifs is 1. The summed E-state index contributed by atoms with van der Waals surface area (Å²) in [6.45, 7) is 0. The third-order valence-corrected chi connectivity index (χ3v) is 4.48. The van der Waals surface area contributed by atoms with Crippen LogP contribution in [-0.4, -0.2) is 11.8 Å². The molecule has 0 fully saturated rings. The molecular weight excluding hydrogens is 383 g/mol. The van der Waals surface area contributed by atoms with E-state index in [2.05, 4.69) is 0 Å². The van der Waals surface area contributed by atoms with E-state index in [9.17, 15) is 14.0 Å². The van der Waals surface area contributed by atoms with Gasteiger partial charge in [-0.3, -0.25) is 4.79 Å². The standard InChI is InChI=1S/C22H12ClFO4/c23-17-7-3-1-5-13(17)11-20-21(25)16-10-9-14(12-19(16)28-20)27-22(26)15-6-2-4-8-18(15)24/h1-12H/b20-11-. The van der Waals surface area contributed by atoms with Gasteiger partial charge in [0.2, 0.25) is 5.78 Å². The maximum Gasteiger partial charge on any atom is 0.346 e. The minimum atomic E-state index is -0.839. The van der Waals surface area contributed by atoms with Crippen molar-refractivity contribution in [2.75, 3.05) is 0 Å². The monoisotopic (exact) mass is 394 g/mol. The van der Waals surface area contributed by atoms with Gasteiger partial charge in [-0.25, -0.2) is 9.18 Å². The Morgan fingerprint density at radius 1 is 1.04 bits per heavy atom. The summed E-state index contributed by atoms with van der Waals surface area (Å²) in [7, 11) is 0. The van der Waals surface area contributed by atoms with Gasteiger partial charge in [-0.2, -0.15) is 0 Å². The van der Waals surface area contributed by atoms with Crippen LogP contribution in [-0.2, 0) is 0 Å². The van der Waals surface area contributed by atoms with Gasteiger partial charge >= 0.3 is 5.97 Å². The number of carbonyl (C=O) groups is 2. The van der Waals surface area contributed by atoms with Crippen molar-refractivity contribution in [3.05, 3.63) is 100 Å². The summed E-state index contributed by atoms with van der Waals surface area (Å²) in [6, 6.07) is 16.9. The zero-order chi connectivity index (χ0) is 19.7. The summed E-state index contributed by atoms with van der Waals surface area (Å²) in [5.74, 6) is -1.32. The normalized spacial score (nSPS) is 13.9. The molecule has 0 spiro atoms. The fourth-order valence-electron chi connectivity index (χ4n) is 2.75.